The second kappa shape index (κ2) is 8.53. The Morgan fingerprint density at radius 2 is 2.08 bits per heavy atom. The highest BCUT2D eigenvalue weighted by Gasteiger charge is 2.15. The highest BCUT2D eigenvalue weighted by atomic mass is 16.5. The first-order valence-electron chi connectivity index (χ1n) is 8.68. The minimum atomic E-state index is -0.0181. The van der Waals surface area contributed by atoms with E-state index in [1.165, 1.54) is 0 Å². The summed E-state index contributed by atoms with van der Waals surface area (Å²) in [4.78, 5) is 12.1. The lowest BCUT2D eigenvalue weighted by Crippen LogP contribution is -2.16. The van der Waals surface area contributed by atoms with Crippen molar-refractivity contribution in [2.24, 2.45) is 0 Å². The topological polar surface area (TPSA) is 73.6 Å². The Morgan fingerprint density at radius 1 is 1.24 bits per heavy atom. The van der Waals surface area contributed by atoms with Crippen LogP contribution >= 0.6 is 0 Å². The smallest absolute Gasteiger partial charge is 0.224 e. The zero-order chi connectivity index (χ0) is 17.5. The average molecular weight is 340 g/mol. The molecule has 3 rings (SSSR count). The number of carbonyl (C=O) groups excluding carboxylic acids is 1. The van der Waals surface area contributed by atoms with Crippen LogP contribution in [-0.4, -0.2) is 25.2 Å². The maximum absolute atomic E-state index is 12.1. The molecule has 1 aliphatic heterocycles. The number of nitrogens with one attached hydrogen (secondary N) is 1. The molecule has 0 saturated carbocycles. The van der Waals surface area contributed by atoms with Gasteiger partial charge in [0, 0.05) is 24.4 Å². The number of anilines is 2. The van der Waals surface area contributed by atoms with Gasteiger partial charge in [-0.25, -0.2) is 0 Å². The van der Waals surface area contributed by atoms with E-state index in [2.05, 4.69) is 5.32 Å². The number of aryl methyl sites for hydroxylation is 1. The quantitative estimate of drug-likeness (QED) is 0.758. The van der Waals surface area contributed by atoms with E-state index in [0.717, 1.165) is 42.1 Å². The molecule has 25 heavy (non-hydrogen) atoms. The van der Waals surface area contributed by atoms with Crippen molar-refractivity contribution in [1.29, 1.82) is 0 Å². The van der Waals surface area contributed by atoms with Crippen LogP contribution < -0.4 is 15.8 Å². The van der Waals surface area contributed by atoms with Gasteiger partial charge in [0.05, 0.1) is 6.10 Å². The van der Waals surface area contributed by atoms with Gasteiger partial charge in [-0.05, 0) is 61.2 Å². The van der Waals surface area contributed by atoms with Gasteiger partial charge >= 0.3 is 0 Å². The van der Waals surface area contributed by atoms with E-state index in [1.54, 1.807) is 0 Å². The number of nitrogens with two attached hydrogens (primary N) is 1. The Kier molecular flexibility index (Phi) is 5.90. The van der Waals surface area contributed by atoms with Crippen LogP contribution in [0.3, 0.4) is 0 Å². The molecule has 0 radical (unpaired) electrons. The Balaban J connectivity index is 1.43. The van der Waals surface area contributed by atoms with Crippen LogP contribution in [0, 0.1) is 0 Å². The normalized spacial score (nSPS) is 16.6. The van der Waals surface area contributed by atoms with E-state index in [0.29, 0.717) is 19.4 Å². The first-order chi connectivity index (χ1) is 12.2. The van der Waals surface area contributed by atoms with Gasteiger partial charge in [-0.2, -0.15) is 0 Å². The van der Waals surface area contributed by atoms with Gasteiger partial charge in [-0.15, -0.1) is 0 Å². The highest BCUT2D eigenvalue weighted by molar-refractivity contribution is 5.90. The van der Waals surface area contributed by atoms with Crippen LogP contribution in [0.1, 0.15) is 24.8 Å². The van der Waals surface area contributed by atoms with Crippen molar-refractivity contribution in [2.75, 3.05) is 24.3 Å². The van der Waals surface area contributed by atoms with E-state index in [1.807, 2.05) is 48.5 Å². The maximum atomic E-state index is 12.1. The molecule has 0 bridgehead atoms. The third-order valence-corrected chi connectivity index (χ3v) is 4.19. The van der Waals surface area contributed by atoms with Crippen molar-refractivity contribution in [3.8, 4) is 5.75 Å². The molecular weight excluding hydrogens is 316 g/mol. The monoisotopic (exact) mass is 340 g/mol. The number of amides is 1. The summed E-state index contributed by atoms with van der Waals surface area (Å²) in [5.41, 5.74) is 8.29. The van der Waals surface area contributed by atoms with Gasteiger partial charge in [0.15, 0.2) is 0 Å². The van der Waals surface area contributed by atoms with E-state index in [-0.39, 0.29) is 12.0 Å². The Labute approximate surface area is 148 Å². The molecule has 132 valence electrons. The van der Waals surface area contributed by atoms with Gasteiger partial charge in [-0.1, -0.05) is 12.1 Å². The van der Waals surface area contributed by atoms with E-state index >= 15 is 0 Å². The Bertz CT molecular complexity index is 694. The zero-order valence-corrected chi connectivity index (χ0v) is 14.2. The lowest BCUT2D eigenvalue weighted by molar-refractivity contribution is -0.116. The molecule has 1 atom stereocenters. The molecule has 1 amide bonds. The predicted octanol–water partition coefficient (Wildman–Crippen LogP) is 3.40. The summed E-state index contributed by atoms with van der Waals surface area (Å²) >= 11 is 0. The molecule has 1 saturated heterocycles. The molecule has 1 heterocycles. The number of hydrogen-bond donors (Lipinski definition) is 2. The van der Waals surface area contributed by atoms with Crippen LogP contribution in [-0.2, 0) is 16.0 Å². The molecule has 5 heteroatoms. The molecule has 2 aromatic carbocycles. The van der Waals surface area contributed by atoms with Crippen molar-refractivity contribution in [3.63, 3.8) is 0 Å². The first-order valence-corrected chi connectivity index (χ1v) is 8.68. The summed E-state index contributed by atoms with van der Waals surface area (Å²) in [7, 11) is 0. The summed E-state index contributed by atoms with van der Waals surface area (Å²) in [5.74, 6) is 0.767. The summed E-state index contributed by atoms with van der Waals surface area (Å²) in [6, 6.07) is 15.0. The van der Waals surface area contributed by atoms with Gasteiger partial charge < -0.3 is 20.5 Å². The molecule has 2 aromatic rings. The van der Waals surface area contributed by atoms with Crippen LogP contribution in [0.4, 0.5) is 11.4 Å². The third kappa shape index (κ3) is 5.50. The minimum absolute atomic E-state index is 0.0181. The minimum Gasteiger partial charge on any atom is -0.491 e. The highest BCUT2D eigenvalue weighted by Crippen LogP contribution is 2.19. The molecule has 1 unspecified atom stereocenters. The second-order valence-corrected chi connectivity index (χ2v) is 6.26. The van der Waals surface area contributed by atoms with Crippen LogP contribution in [0.5, 0.6) is 5.75 Å². The van der Waals surface area contributed by atoms with E-state index in [9.17, 15) is 4.79 Å². The van der Waals surface area contributed by atoms with Crippen molar-refractivity contribution in [1.82, 2.24) is 0 Å². The predicted molar refractivity (Wildman–Crippen MR) is 98.7 cm³/mol. The van der Waals surface area contributed by atoms with Crippen molar-refractivity contribution in [3.05, 3.63) is 54.1 Å². The number of benzene rings is 2. The number of ether oxygens (including phenoxy) is 2. The fraction of sp³-hybridized carbons (Fsp3) is 0.350. The average Bonchev–Trinajstić information content (AvgIpc) is 3.13. The maximum Gasteiger partial charge on any atom is 0.224 e. The fourth-order valence-electron chi connectivity index (χ4n) is 2.83. The largest absolute Gasteiger partial charge is 0.491 e. The van der Waals surface area contributed by atoms with E-state index < -0.39 is 0 Å². The first kappa shape index (κ1) is 17.3. The van der Waals surface area contributed by atoms with Crippen molar-refractivity contribution < 1.29 is 14.3 Å². The molecule has 1 aliphatic rings. The van der Waals surface area contributed by atoms with E-state index in [4.69, 9.17) is 15.2 Å². The third-order valence-electron chi connectivity index (χ3n) is 4.19. The summed E-state index contributed by atoms with van der Waals surface area (Å²) in [6.45, 7) is 1.40. The summed E-state index contributed by atoms with van der Waals surface area (Å²) < 4.78 is 11.2. The Hall–Kier alpha value is -2.53. The fourth-order valence-corrected chi connectivity index (χ4v) is 2.83. The molecule has 0 aromatic heterocycles. The second-order valence-electron chi connectivity index (χ2n) is 6.26. The van der Waals surface area contributed by atoms with Crippen molar-refractivity contribution in [2.45, 2.75) is 31.8 Å². The number of carbonyl (C=O) groups is 1. The van der Waals surface area contributed by atoms with Crippen LogP contribution in [0.25, 0.3) is 0 Å². The zero-order valence-electron chi connectivity index (χ0n) is 14.2. The number of hydrogen-bond acceptors (Lipinski definition) is 4. The summed E-state index contributed by atoms with van der Waals surface area (Å²) in [5, 5.41) is 2.90. The van der Waals surface area contributed by atoms with Crippen LogP contribution in [0.2, 0.25) is 0 Å². The summed E-state index contributed by atoms with van der Waals surface area (Å²) in [6.07, 6.45) is 3.45. The standard InChI is InChI=1S/C20H24N2O3/c21-16-4-1-3-15(13-16)6-11-20(23)22-17-7-9-18(10-8-17)25-14-19-5-2-12-24-19/h1,3-4,7-10,13,19H,2,5-6,11-12,14,21H2,(H,22,23). The SMILES string of the molecule is Nc1cccc(CCC(=O)Nc2ccc(OCC3CCCO3)cc2)c1. The lowest BCUT2D eigenvalue weighted by atomic mass is 10.1. The van der Waals surface area contributed by atoms with Gasteiger partial charge in [0.2, 0.25) is 5.91 Å². The molecule has 0 aliphatic carbocycles. The molecule has 3 N–H and O–H groups in total. The van der Waals surface area contributed by atoms with Gasteiger partial charge in [0.1, 0.15) is 12.4 Å². The van der Waals surface area contributed by atoms with Gasteiger partial charge in [0.25, 0.3) is 0 Å². The Morgan fingerprint density at radius 3 is 2.80 bits per heavy atom. The van der Waals surface area contributed by atoms with Crippen molar-refractivity contribution >= 4 is 17.3 Å². The van der Waals surface area contributed by atoms with Gasteiger partial charge in [-0.3, -0.25) is 4.79 Å². The molecule has 1 fully saturated rings. The number of rotatable bonds is 7. The molecule has 0 spiro atoms. The molecular formula is C20H24N2O3. The molecule has 5 nitrogen and oxygen atoms in total. The van der Waals surface area contributed by atoms with Crippen LogP contribution in [0.15, 0.2) is 48.5 Å². The number of nitrogen functional groups attached to an aromatic ring is 1. The lowest BCUT2D eigenvalue weighted by Gasteiger charge is -2.12.